The van der Waals surface area contributed by atoms with Crippen LogP contribution in [0.1, 0.15) is 31.9 Å². The molecule has 0 bridgehead atoms. The molecule has 0 spiro atoms. The number of nitrogens with one attached hydrogen (secondary N) is 1. The lowest BCUT2D eigenvalue weighted by atomic mass is 10.1. The Morgan fingerprint density at radius 1 is 1.39 bits per heavy atom. The molecule has 4 heteroatoms. The van der Waals surface area contributed by atoms with Gasteiger partial charge in [0, 0.05) is 24.8 Å². The lowest BCUT2D eigenvalue weighted by Gasteiger charge is -2.16. The predicted molar refractivity (Wildman–Crippen MR) is 72.2 cm³/mol. The van der Waals surface area contributed by atoms with Crippen LogP contribution in [0.2, 0.25) is 0 Å². The maximum atomic E-state index is 9.82. The number of ether oxygens (including phenoxy) is 2. The number of benzene rings is 1. The maximum absolute atomic E-state index is 9.82. The summed E-state index contributed by atoms with van der Waals surface area (Å²) in [4.78, 5) is 0. The highest BCUT2D eigenvalue weighted by Crippen LogP contribution is 2.28. The first-order valence-electron chi connectivity index (χ1n) is 6.37. The molecule has 0 heterocycles. The molecular formula is C14H23NO3. The van der Waals surface area contributed by atoms with Gasteiger partial charge in [-0.15, -0.1) is 0 Å². The molecule has 1 aromatic carbocycles. The number of aromatic hydroxyl groups is 1. The van der Waals surface area contributed by atoms with Crippen LogP contribution in [0, 0.1) is 0 Å². The SMILES string of the molecule is CCOCCCNC(C)c1cc(OC)ccc1O. The van der Waals surface area contributed by atoms with Gasteiger partial charge in [0.25, 0.3) is 0 Å². The van der Waals surface area contributed by atoms with Gasteiger partial charge in [-0.1, -0.05) is 0 Å². The summed E-state index contributed by atoms with van der Waals surface area (Å²) >= 11 is 0. The summed E-state index contributed by atoms with van der Waals surface area (Å²) in [6.07, 6.45) is 0.961. The van der Waals surface area contributed by atoms with E-state index in [4.69, 9.17) is 9.47 Å². The third kappa shape index (κ3) is 4.55. The summed E-state index contributed by atoms with van der Waals surface area (Å²) < 4.78 is 10.4. The van der Waals surface area contributed by atoms with E-state index in [2.05, 4.69) is 5.32 Å². The van der Waals surface area contributed by atoms with E-state index < -0.39 is 0 Å². The van der Waals surface area contributed by atoms with Gasteiger partial charge in [-0.25, -0.2) is 0 Å². The number of rotatable bonds is 8. The van der Waals surface area contributed by atoms with Gasteiger partial charge in [0.1, 0.15) is 11.5 Å². The van der Waals surface area contributed by atoms with Crippen LogP contribution in [-0.4, -0.2) is 32.0 Å². The van der Waals surface area contributed by atoms with Crippen molar-refractivity contribution < 1.29 is 14.6 Å². The zero-order valence-electron chi connectivity index (χ0n) is 11.4. The topological polar surface area (TPSA) is 50.7 Å². The first-order chi connectivity index (χ1) is 8.69. The quantitative estimate of drug-likeness (QED) is 0.699. The van der Waals surface area contributed by atoms with Crippen LogP contribution in [0.4, 0.5) is 0 Å². The molecule has 18 heavy (non-hydrogen) atoms. The molecule has 1 unspecified atom stereocenters. The zero-order valence-corrected chi connectivity index (χ0v) is 11.4. The zero-order chi connectivity index (χ0) is 13.4. The van der Waals surface area contributed by atoms with Crippen LogP contribution in [0.3, 0.4) is 0 Å². The fourth-order valence-electron chi connectivity index (χ4n) is 1.75. The second-order valence-electron chi connectivity index (χ2n) is 4.15. The predicted octanol–water partition coefficient (Wildman–Crippen LogP) is 2.48. The summed E-state index contributed by atoms with van der Waals surface area (Å²) in [6, 6.07) is 5.35. The van der Waals surface area contributed by atoms with E-state index in [1.165, 1.54) is 0 Å². The van der Waals surface area contributed by atoms with E-state index >= 15 is 0 Å². The number of methoxy groups -OCH3 is 1. The summed E-state index contributed by atoms with van der Waals surface area (Å²) in [7, 11) is 1.62. The van der Waals surface area contributed by atoms with E-state index in [1.54, 1.807) is 19.2 Å². The highest BCUT2D eigenvalue weighted by atomic mass is 16.5. The highest BCUT2D eigenvalue weighted by Gasteiger charge is 2.10. The number of hydrogen-bond acceptors (Lipinski definition) is 4. The van der Waals surface area contributed by atoms with E-state index in [9.17, 15) is 5.11 Å². The molecule has 4 nitrogen and oxygen atoms in total. The fraction of sp³-hybridized carbons (Fsp3) is 0.571. The Balaban J connectivity index is 2.47. The van der Waals surface area contributed by atoms with E-state index in [-0.39, 0.29) is 6.04 Å². The van der Waals surface area contributed by atoms with Gasteiger partial charge in [0.05, 0.1) is 7.11 Å². The van der Waals surface area contributed by atoms with Gasteiger partial charge in [-0.2, -0.15) is 0 Å². The average molecular weight is 253 g/mol. The summed E-state index contributed by atoms with van der Waals surface area (Å²) in [5.41, 5.74) is 0.853. The number of phenolic OH excluding ortho intramolecular Hbond substituents is 1. The summed E-state index contributed by atoms with van der Waals surface area (Å²) in [5.74, 6) is 1.05. The first kappa shape index (κ1) is 14.8. The van der Waals surface area contributed by atoms with Gasteiger partial charge >= 0.3 is 0 Å². The van der Waals surface area contributed by atoms with Crippen LogP contribution in [0.15, 0.2) is 18.2 Å². The molecule has 0 amide bonds. The van der Waals surface area contributed by atoms with Gasteiger partial charge in [-0.3, -0.25) is 0 Å². The van der Waals surface area contributed by atoms with Crippen molar-refractivity contribution in [2.45, 2.75) is 26.3 Å². The summed E-state index contributed by atoms with van der Waals surface area (Å²) in [6.45, 7) is 6.39. The van der Waals surface area contributed by atoms with E-state index in [0.29, 0.717) is 5.75 Å². The first-order valence-corrected chi connectivity index (χ1v) is 6.37. The van der Waals surface area contributed by atoms with Gasteiger partial charge in [0.2, 0.25) is 0 Å². The Hall–Kier alpha value is -1.26. The molecule has 0 aromatic heterocycles. The third-order valence-electron chi connectivity index (χ3n) is 2.82. The van der Waals surface area contributed by atoms with Crippen molar-refractivity contribution in [1.82, 2.24) is 5.32 Å². The molecule has 0 aliphatic rings. The van der Waals surface area contributed by atoms with Crippen LogP contribution in [-0.2, 0) is 4.74 Å². The molecule has 1 atom stereocenters. The van der Waals surface area contributed by atoms with Crippen LogP contribution < -0.4 is 10.1 Å². The Kier molecular flexibility index (Phi) is 6.54. The lowest BCUT2D eigenvalue weighted by molar-refractivity contribution is 0.144. The fourth-order valence-corrected chi connectivity index (χ4v) is 1.75. The Morgan fingerprint density at radius 3 is 2.83 bits per heavy atom. The minimum Gasteiger partial charge on any atom is -0.508 e. The number of phenols is 1. The molecule has 0 fully saturated rings. The van der Waals surface area contributed by atoms with Gasteiger partial charge < -0.3 is 19.9 Å². The molecule has 1 rings (SSSR count). The number of hydrogen-bond donors (Lipinski definition) is 2. The lowest BCUT2D eigenvalue weighted by Crippen LogP contribution is -2.21. The minimum absolute atomic E-state index is 0.0849. The second-order valence-corrected chi connectivity index (χ2v) is 4.15. The molecular weight excluding hydrogens is 230 g/mol. The third-order valence-corrected chi connectivity index (χ3v) is 2.82. The smallest absolute Gasteiger partial charge is 0.120 e. The molecule has 2 N–H and O–H groups in total. The highest BCUT2D eigenvalue weighted by molar-refractivity contribution is 5.41. The van der Waals surface area contributed by atoms with Crippen molar-refractivity contribution in [1.29, 1.82) is 0 Å². The van der Waals surface area contributed by atoms with Crippen molar-refractivity contribution in [2.24, 2.45) is 0 Å². The second kappa shape index (κ2) is 7.95. The van der Waals surface area contributed by atoms with Crippen molar-refractivity contribution in [3.05, 3.63) is 23.8 Å². The van der Waals surface area contributed by atoms with Crippen LogP contribution >= 0.6 is 0 Å². The molecule has 0 radical (unpaired) electrons. The van der Waals surface area contributed by atoms with Gasteiger partial charge in [0.15, 0.2) is 0 Å². The summed E-state index contributed by atoms with van der Waals surface area (Å²) in [5, 5.41) is 13.2. The van der Waals surface area contributed by atoms with Crippen LogP contribution in [0.25, 0.3) is 0 Å². The molecule has 1 aromatic rings. The monoisotopic (exact) mass is 253 g/mol. The normalized spacial score (nSPS) is 12.4. The molecule has 0 aliphatic carbocycles. The van der Waals surface area contributed by atoms with Crippen molar-refractivity contribution in [3.63, 3.8) is 0 Å². The van der Waals surface area contributed by atoms with E-state index in [0.717, 1.165) is 37.5 Å². The minimum atomic E-state index is 0.0849. The Labute approximate surface area is 109 Å². The van der Waals surface area contributed by atoms with Crippen molar-refractivity contribution >= 4 is 0 Å². The Morgan fingerprint density at radius 2 is 2.17 bits per heavy atom. The van der Waals surface area contributed by atoms with Crippen molar-refractivity contribution in [3.8, 4) is 11.5 Å². The molecule has 0 saturated heterocycles. The van der Waals surface area contributed by atoms with E-state index in [1.807, 2.05) is 19.9 Å². The Bertz CT molecular complexity index is 355. The maximum Gasteiger partial charge on any atom is 0.120 e. The molecule has 0 saturated carbocycles. The molecule has 0 aliphatic heterocycles. The van der Waals surface area contributed by atoms with Crippen molar-refractivity contribution in [2.75, 3.05) is 26.9 Å². The molecule has 102 valence electrons. The largest absolute Gasteiger partial charge is 0.508 e. The standard InChI is InChI=1S/C14H23NO3/c1-4-18-9-5-8-15-11(2)13-10-12(17-3)6-7-14(13)16/h6-7,10-11,15-16H,4-5,8-9H2,1-3H3. The van der Waals surface area contributed by atoms with Crippen LogP contribution in [0.5, 0.6) is 11.5 Å². The van der Waals surface area contributed by atoms with Gasteiger partial charge in [-0.05, 0) is 45.0 Å². The average Bonchev–Trinajstić information content (AvgIpc) is 2.39.